The van der Waals surface area contributed by atoms with Crippen molar-refractivity contribution in [1.29, 1.82) is 0 Å². The average Bonchev–Trinajstić information content (AvgIpc) is 2.92. The fourth-order valence-corrected chi connectivity index (χ4v) is 2.59. The molecule has 2 rings (SSSR count). The Morgan fingerprint density at radius 3 is 2.47 bits per heavy atom. The Bertz CT molecular complexity index is 479. The number of nitrogens with one attached hydrogen (secondary N) is 2. The van der Waals surface area contributed by atoms with Gasteiger partial charge in [-0.15, -0.1) is 0 Å². The van der Waals surface area contributed by atoms with E-state index in [4.69, 9.17) is 0 Å². The molecule has 1 aromatic carbocycles. The highest BCUT2D eigenvalue weighted by atomic mass is 16.2. The molecule has 2 N–H and O–H groups in total. The second kappa shape index (κ2) is 5.97. The molecule has 1 fully saturated rings. The van der Waals surface area contributed by atoms with Crippen LogP contribution in [0.25, 0.3) is 0 Å². The normalized spacial score (nSPS) is 17.2. The lowest BCUT2D eigenvalue weighted by Gasteiger charge is -2.20. The molecule has 1 aliphatic heterocycles. The van der Waals surface area contributed by atoms with Crippen LogP contribution < -0.4 is 10.2 Å². The molecule has 0 radical (unpaired) electrons. The zero-order valence-corrected chi connectivity index (χ0v) is 11.5. The van der Waals surface area contributed by atoms with Crippen molar-refractivity contribution in [3.8, 4) is 0 Å². The predicted molar refractivity (Wildman–Crippen MR) is 74.5 cm³/mol. The van der Waals surface area contributed by atoms with Crippen LogP contribution in [0.4, 0.5) is 5.69 Å². The summed E-state index contributed by atoms with van der Waals surface area (Å²) in [5, 5.41) is 2.89. The highest BCUT2D eigenvalue weighted by Gasteiger charge is 2.28. The SMILES string of the molecule is CC(=O)c1ccccc1NC(=O)[C@H](C)[NH+]1CCCC1. The minimum atomic E-state index is -0.0671. The molecule has 4 nitrogen and oxygen atoms in total. The number of hydrogen-bond acceptors (Lipinski definition) is 2. The number of rotatable bonds is 4. The lowest BCUT2D eigenvalue weighted by Crippen LogP contribution is -3.14. The van der Waals surface area contributed by atoms with Crippen LogP contribution in [0.3, 0.4) is 0 Å². The van der Waals surface area contributed by atoms with Crippen LogP contribution in [0.1, 0.15) is 37.0 Å². The molecular weight excluding hydrogens is 240 g/mol. The summed E-state index contributed by atoms with van der Waals surface area (Å²) in [4.78, 5) is 25.1. The van der Waals surface area contributed by atoms with Gasteiger partial charge in [0.25, 0.3) is 5.91 Å². The van der Waals surface area contributed by atoms with Crippen LogP contribution in [0.2, 0.25) is 0 Å². The summed E-state index contributed by atoms with van der Waals surface area (Å²) in [6.07, 6.45) is 2.38. The lowest BCUT2D eigenvalue weighted by molar-refractivity contribution is -0.901. The van der Waals surface area contributed by atoms with Crippen LogP contribution >= 0.6 is 0 Å². The minimum Gasteiger partial charge on any atom is -0.325 e. The van der Waals surface area contributed by atoms with Gasteiger partial charge in [-0.25, -0.2) is 0 Å². The zero-order chi connectivity index (χ0) is 13.8. The molecule has 1 atom stereocenters. The third kappa shape index (κ3) is 3.20. The number of carbonyl (C=O) groups is 2. The van der Waals surface area contributed by atoms with Crippen LogP contribution in [-0.4, -0.2) is 30.8 Å². The highest BCUT2D eigenvalue weighted by Crippen LogP contribution is 2.15. The zero-order valence-electron chi connectivity index (χ0n) is 11.5. The minimum absolute atomic E-state index is 0.00870. The highest BCUT2D eigenvalue weighted by molar-refractivity contribution is 6.04. The van der Waals surface area contributed by atoms with Gasteiger partial charge in [-0.1, -0.05) is 12.1 Å². The van der Waals surface area contributed by atoms with E-state index >= 15 is 0 Å². The summed E-state index contributed by atoms with van der Waals surface area (Å²) in [5.74, 6) is -0.0392. The summed E-state index contributed by atoms with van der Waals surface area (Å²) in [5.41, 5.74) is 1.19. The second-order valence-corrected chi connectivity index (χ2v) is 5.18. The summed E-state index contributed by atoms with van der Waals surface area (Å²) < 4.78 is 0. The number of ketones is 1. The first-order valence-corrected chi connectivity index (χ1v) is 6.85. The van der Waals surface area contributed by atoms with Gasteiger partial charge in [0.05, 0.1) is 18.8 Å². The maximum absolute atomic E-state index is 12.2. The molecule has 1 heterocycles. The predicted octanol–water partition coefficient (Wildman–Crippen LogP) is 0.895. The Morgan fingerprint density at radius 2 is 1.84 bits per heavy atom. The van der Waals surface area contributed by atoms with Crippen molar-refractivity contribution >= 4 is 17.4 Å². The van der Waals surface area contributed by atoms with E-state index < -0.39 is 0 Å². The van der Waals surface area contributed by atoms with Gasteiger partial charge in [-0.05, 0) is 26.0 Å². The number of para-hydroxylation sites is 1. The molecule has 1 saturated heterocycles. The number of benzene rings is 1. The summed E-state index contributed by atoms with van der Waals surface area (Å²) in [7, 11) is 0. The van der Waals surface area contributed by atoms with E-state index in [1.807, 2.05) is 19.1 Å². The van der Waals surface area contributed by atoms with Crippen LogP contribution in [0.15, 0.2) is 24.3 Å². The molecule has 4 heteroatoms. The van der Waals surface area contributed by atoms with Gasteiger partial charge < -0.3 is 10.2 Å². The smallest absolute Gasteiger partial charge is 0.282 e. The third-order valence-corrected chi connectivity index (χ3v) is 3.82. The fraction of sp³-hybridized carbons (Fsp3) is 0.467. The van der Waals surface area contributed by atoms with Crippen molar-refractivity contribution in [2.45, 2.75) is 32.7 Å². The van der Waals surface area contributed by atoms with Crippen molar-refractivity contribution in [1.82, 2.24) is 0 Å². The number of quaternary nitrogens is 1. The number of likely N-dealkylation sites (tertiary alicyclic amines) is 1. The Labute approximate surface area is 113 Å². The monoisotopic (exact) mass is 261 g/mol. The van der Waals surface area contributed by atoms with Gasteiger partial charge in [0.15, 0.2) is 11.8 Å². The van der Waals surface area contributed by atoms with Crippen molar-refractivity contribution < 1.29 is 14.5 Å². The second-order valence-electron chi connectivity index (χ2n) is 5.18. The van der Waals surface area contributed by atoms with Gasteiger partial charge in [0.2, 0.25) is 0 Å². The van der Waals surface area contributed by atoms with Crippen molar-refractivity contribution in [3.05, 3.63) is 29.8 Å². The van der Waals surface area contributed by atoms with E-state index in [1.54, 1.807) is 12.1 Å². The number of Topliss-reactive ketones (excluding diaryl/α,β-unsaturated/α-hetero) is 1. The van der Waals surface area contributed by atoms with Crippen molar-refractivity contribution in [3.63, 3.8) is 0 Å². The van der Waals surface area contributed by atoms with Gasteiger partial charge in [-0.2, -0.15) is 0 Å². The molecule has 1 amide bonds. The molecule has 0 aromatic heterocycles. The molecule has 0 aliphatic carbocycles. The number of carbonyl (C=O) groups excluding carboxylic acids is 2. The third-order valence-electron chi connectivity index (χ3n) is 3.82. The average molecular weight is 261 g/mol. The molecule has 0 saturated carbocycles. The molecule has 0 spiro atoms. The summed E-state index contributed by atoms with van der Waals surface area (Å²) >= 11 is 0. The number of hydrogen-bond donors (Lipinski definition) is 2. The quantitative estimate of drug-likeness (QED) is 0.791. The van der Waals surface area contributed by atoms with Crippen molar-refractivity contribution in [2.24, 2.45) is 0 Å². The van der Waals surface area contributed by atoms with Gasteiger partial charge >= 0.3 is 0 Å². The van der Waals surface area contributed by atoms with Crippen LogP contribution in [-0.2, 0) is 4.79 Å². The van der Waals surface area contributed by atoms with Crippen LogP contribution in [0.5, 0.6) is 0 Å². The molecule has 1 aromatic rings. The van der Waals surface area contributed by atoms with Gasteiger partial charge in [0.1, 0.15) is 0 Å². The van der Waals surface area contributed by atoms with E-state index in [0.717, 1.165) is 13.1 Å². The lowest BCUT2D eigenvalue weighted by atomic mass is 10.1. The number of anilines is 1. The molecular formula is C15H21N2O2+. The first-order valence-electron chi connectivity index (χ1n) is 6.85. The Hall–Kier alpha value is -1.68. The molecule has 102 valence electrons. The van der Waals surface area contributed by atoms with Gasteiger partial charge in [0, 0.05) is 18.4 Å². The van der Waals surface area contributed by atoms with E-state index in [2.05, 4.69) is 5.32 Å². The van der Waals surface area contributed by atoms with Crippen LogP contribution in [0, 0.1) is 0 Å². The molecule has 0 unspecified atom stereocenters. The Kier molecular flexibility index (Phi) is 4.32. The maximum atomic E-state index is 12.2. The molecule has 0 bridgehead atoms. The largest absolute Gasteiger partial charge is 0.325 e. The Balaban J connectivity index is 2.08. The fourth-order valence-electron chi connectivity index (χ4n) is 2.59. The van der Waals surface area contributed by atoms with Gasteiger partial charge in [-0.3, -0.25) is 9.59 Å². The molecule has 1 aliphatic rings. The topological polar surface area (TPSA) is 50.6 Å². The summed E-state index contributed by atoms with van der Waals surface area (Å²) in [6.45, 7) is 5.58. The molecule has 19 heavy (non-hydrogen) atoms. The summed E-state index contributed by atoms with van der Waals surface area (Å²) in [6, 6.07) is 7.09. The van der Waals surface area contributed by atoms with E-state index in [1.165, 1.54) is 24.7 Å². The first-order chi connectivity index (χ1) is 9.09. The van der Waals surface area contributed by atoms with E-state index in [0.29, 0.717) is 11.3 Å². The van der Waals surface area contributed by atoms with E-state index in [9.17, 15) is 9.59 Å². The van der Waals surface area contributed by atoms with Crippen molar-refractivity contribution in [2.75, 3.05) is 18.4 Å². The Morgan fingerprint density at radius 1 is 1.21 bits per heavy atom. The number of amides is 1. The first kappa shape index (κ1) is 13.7. The maximum Gasteiger partial charge on any atom is 0.282 e. The van der Waals surface area contributed by atoms with E-state index in [-0.39, 0.29) is 17.7 Å². The standard InChI is InChI=1S/C15H20N2O2/c1-11(17-9-5-6-10-17)15(19)16-14-8-4-3-7-13(14)12(2)18/h3-4,7-8,11H,5-6,9-10H2,1-2H3,(H,16,19)/p+1/t11-/m0/s1.